The van der Waals surface area contributed by atoms with E-state index in [0.29, 0.717) is 11.3 Å². The second-order valence-corrected chi connectivity index (χ2v) is 8.19. The normalized spacial score (nSPS) is 11.4. The Morgan fingerprint density at radius 1 is 1.40 bits per heavy atom. The number of anilines is 1. The SMILES string of the molecule is CCCCS(=O)(=O)c1nnc(NC(=O)c2cccs2)s1. The van der Waals surface area contributed by atoms with Crippen molar-refractivity contribution in [3.63, 3.8) is 0 Å². The van der Waals surface area contributed by atoms with Gasteiger partial charge >= 0.3 is 0 Å². The highest BCUT2D eigenvalue weighted by Crippen LogP contribution is 2.22. The molecule has 2 heterocycles. The van der Waals surface area contributed by atoms with Gasteiger partial charge in [-0.25, -0.2) is 8.42 Å². The summed E-state index contributed by atoms with van der Waals surface area (Å²) in [5.74, 6) is -0.259. The predicted octanol–water partition coefficient (Wildman–Crippen LogP) is 2.43. The van der Waals surface area contributed by atoms with Gasteiger partial charge in [0.15, 0.2) is 0 Å². The van der Waals surface area contributed by atoms with Crippen LogP contribution in [0.3, 0.4) is 0 Å². The first-order chi connectivity index (χ1) is 9.53. The second kappa shape index (κ2) is 6.42. The number of carbonyl (C=O) groups is 1. The van der Waals surface area contributed by atoms with E-state index >= 15 is 0 Å². The van der Waals surface area contributed by atoms with Gasteiger partial charge in [0.1, 0.15) is 0 Å². The van der Waals surface area contributed by atoms with Gasteiger partial charge in [0.25, 0.3) is 5.91 Å². The van der Waals surface area contributed by atoms with Gasteiger partial charge in [-0.15, -0.1) is 21.5 Å². The van der Waals surface area contributed by atoms with Crippen LogP contribution in [-0.4, -0.2) is 30.3 Å². The molecule has 2 rings (SSSR count). The van der Waals surface area contributed by atoms with Crippen LogP contribution in [0.4, 0.5) is 5.13 Å². The van der Waals surface area contributed by atoms with Crippen molar-refractivity contribution in [1.29, 1.82) is 0 Å². The summed E-state index contributed by atoms with van der Waals surface area (Å²) in [6.45, 7) is 1.92. The number of hydrogen-bond acceptors (Lipinski definition) is 7. The number of nitrogens with one attached hydrogen (secondary N) is 1. The number of aromatic nitrogens is 2. The van der Waals surface area contributed by atoms with Gasteiger partial charge in [0.2, 0.25) is 19.3 Å². The molecule has 2 aromatic rings. The molecule has 0 aliphatic heterocycles. The molecular weight excluding hydrogens is 318 g/mol. The summed E-state index contributed by atoms with van der Waals surface area (Å²) in [5.41, 5.74) is 0. The molecule has 9 heteroatoms. The van der Waals surface area contributed by atoms with E-state index in [1.165, 1.54) is 11.3 Å². The lowest BCUT2D eigenvalue weighted by atomic mass is 10.4. The van der Waals surface area contributed by atoms with Crippen LogP contribution in [0.2, 0.25) is 0 Å². The number of amides is 1. The number of carbonyl (C=O) groups excluding carboxylic acids is 1. The molecular formula is C11H13N3O3S3. The lowest BCUT2D eigenvalue weighted by Crippen LogP contribution is -2.09. The Morgan fingerprint density at radius 2 is 2.20 bits per heavy atom. The van der Waals surface area contributed by atoms with Crippen LogP contribution in [0.25, 0.3) is 0 Å². The molecule has 0 aliphatic rings. The molecule has 0 unspecified atom stereocenters. The molecule has 1 amide bonds. The van der Waals surface area contributed by atoms with Gasteiger partial charge < -0.3 is 0 Å². The Kier molecular flexibility index (Phi) is 4.84. The van der Waals surface area contributed by atoms with Crippen LogP contribution in [0.5, 0.6) is 0 Å². The number of thiophene rings is 1. The molecule has 1 N–H and O–H groups in total. The third kappa shape index (κ3) is 3.62. The highest BCUT2D eigenvalue weighted by Gasteiger charge is 2.20. The van der Waals surface area contributed by atoms with Gasteiger partial charge in [-0.1, -0.05) is 30.7 Å². The van der Waals surface area contributed by atoms with Crippen LogP contribution in [-0.2, 0) is 9.84 Å². The number of hydrogen-bond donors (Lipinski definition) is 1. The van der Waals surface area contributed by atoms with E-state index in [1.54, 1.807) is 17.5 Å². The quantitative estimate of drug-likeness (QED) is 0.821. The molecule has 0 aliphatic carbocycles. The first-order valence-electron chi connectivity index (χ1n) is 5.94. The minimum Gasteiger partial charge on any atom is -0.296 e. The molecule has 0 saturated heterocycles. The molecule has 0 bridgehead atoms. The molecule has 0 atom stereocenters. The Morgan fingerprint density at radius 3 is 2.85 bits per heavy atom. The van der Waals surface area contributed by atoms with Crippen LogP contribution in [0.1, 0.15) is 29.4 Å². The standard InChI is InChI=1S/C11H13N3O3S3/c1-2-3-7-20(16,17)11-14-13-10(19-11)12-9(15)8-5-4-6-18-8/h4-6H,2-3,7H2,1H3,(H,12,13,15). The van der Waals surface area contributed by atoms with Crippen molar-refractivity contribution < 1.29 is 13.2 Å². The second-order valence-electron chi connectivity index (χ2n) is 3.98. The third-order valence-corrected chi connectivity index (χ3v) is 6.36. The monoisotopic (exact) mass is 331 g/mol. The maximum Gasteiger partial charge on any atom is 0.267 e. The predicted molar refractivity (Wildman–Crippen MR) is 79.1 cm³/mol. The van der Waals surface area contributed by atoms with E-state index in [4.69, 9.17) is 0 Å². The van der Waals surface area contributed by atoms with E-state index < -0.39 is 9.84 Å². The molecule has 108 valence electrons. The molecule has 0 spiro atoms. The maximum atomic E-state index is 11.9. The molecule has 0 saturated carbocycles. The summed E-state index contributed by atoms with van der Waals surface area (Å²) in [6.07, 6.45) is 1.37. The first-order valence-corrected chi connectivity index (χ1v) is 9.29. The third-order valence-electron chi connectivity index (χ3n) is 2.40. The fraction of sp³-hybridized carbons (Fsp3) is 0.364. The summed E-state index contributed by atoms with van der Waals surface area (Å²) < 4.78 is 23.8. The Bertz CT molecular complexity index is 677. The van der Waals surface area contributed by atoms with Crippen molar-refractivity contribution >= 4 is 43.5 Å². The average molecular weight is 331 g/mol. The van der Waals surface area contributed by atoms with Crippen molar-refractivity contribution in [1.82, 2.24) is 10.2 Å². The topological polar surface area (TPSA) is 89.0 Å². The zero-order chi connectivity index (χ0) is 14.6. The van der Waals surface area contributed by atoms with Crippen molar-refractivity contribution in [3.05, 3.63) is 22.4 Å². The summed E-state index contributed by atoms with van der Waals surface area (Å²) in [6, 6.07) is 3.44. The van der Waals surface area contributed by atoms with E-state index in [9.17, 15) is 13.2 Å². The molecule has 6 nitrogen and oxygen atoms in total. The van der Waals surface area contributed by atoms with Gasteiger partial charge in [-0.05, 0) is 17.9 Å². The maximum absolute atomic E-state index is 11.9. The smallest absolute Gasteiger partial charge is 0.267 e. The Labute approximate surface area is 124 Å². The highest BCUT2D eigenvalue weighted by molar-refractivity contribution is 7.93. The summed E-state index contributed by atoms with van der Waals surface area (Å²) in [4.78, 5) is 12.3. The zero-order valence-corrected chi connectivity index (χ0v) is 13.1. The van der Waals surface area contributed by atoms with Crippen LogP contribution >= 0.6 is 22.7 Å². The van der Waals surface area contributed by atoms with E-state index in [0.717, 1.165) is 17.8 Å². The van der Waals surface area contributed by atoms with Crippen molar-refractivity contribution in [3.8, 4) is 0 Å². The molecule has 0 aromatic carbocycles. The first kappa shape index (κ1) is 15.1. The molecule has 20 heavy (non-hydrogen) atoms. The summed E-state index contributed by atoms with van der Waals surface area (Å²) >= 11 is 2.18. The summed E-state index contributed by atoms with van der Waals surface area (Å²) in [7, 11) is -3.39. The minimum absolute atomic E-state index is 0.0487. The van der Waals surface area contributed by atoms with Crippen molar-refractivity contribution in [2.24, 2.45) is 0 Å². The number of unbranched alkanes of at least 4 members (excludes halogenated alkanes) is 1. The Balaban J connectivity index is 2.08. The molecule has 2 aromatic heterocycles. The average Bonchev–Trinajstić information content (AvgIpc) is 3.07. The van der Waals surface area contributed by atoms with Gasteiger partial charge in [-0.2, -0.15) is 0 Å². The lowest BCUT2D eigenvalue weighted by molar-refractivity contribution is 0.103. The lowest BCUT2D eigenvalue weighted by Gasteiger charge is -1.97. The zero-order valence-electron chi connectivity index (χ0n) is 10.7. The van der Waals surface area contributed by atoms with Gasteiger partial charge in [0.05, 0.1) is 10.6 Å². The largest absolute Gasteiger partial charge is 0.296 e. The fourth-order valence-corrected chi connectivity index (χ4v) is 4.47. The van der Waals surface area contributed by atoms with Crippen LogP contribution < -0.4 is 5.32 Å². The number of sulfone groups is 1. The van der Waals surface area contributed by atoms with Gasteiger partial charge in [-0.3, -0.25) is 10.1 Å². The number of rotatable bonds is 6. The number of nitrogens with zero attached hydrogens (tertiary/aromatic N) is 2. The van der Waals surface area contributed by atoms with Crippen molar-refractivity contribution in [2.75, 3.05) is 11.1 Å². The van der Waals surface area contributed by atoms with E-state index in [1.807, 2.05) is 6.92 Å². The van der Waals surface area contributed by atoms with Crippen LogP contribution in [0.15, 0.2) is 21.9 Å². The molecule has 0 fully saturated rings. The molecule has 0 radical (unpaired) electrons. The minimum atomic E-state index is -3.39. The van der Waals surface area contributed by atoms with E-state index in [2.05, 4.69) is 15.5 Å². The van der Waals surface area contributed by atoms with Crippen LogP contribution in [0, 0.1) is 0 Å². The fourth-order valence-electron chi connectivity index (χ4n) is 1.37. The summed E-state index contributed by atoms with van der Waals surface area (Å²) in [5, 5.41) is 11.9. The van der Waals surface area contributed by atoms with Gasteiger partial charge in [0, 0.05) is 0 Å². The Hall–Kier alpha value is -1.32. The van der Waals surface area contributed by atoms with Crippen molar-refractivity contribution in [2.45, 2.75) is 24.1 Å². The highest BCUT2D eigenvalue weighted by atomic mass is 32.2. The van der Waals surface area contributed by atoms with E-state index in [-0.39, 0.29) is 21.1 Å².